The van der Waals surface area contributed by atoms with Gasteiger partial charge in [-0.1, -0.05) is 6.30 Å². The van der Waals surface area contributed by atoms with Crippen LogP contribution in [0.5, 0.6) is 5.75 Å². The van der Waals surface area contributed by atoms with Crippen LogP contribution in [-0.2, 0) is 14.4 Å². The third-order valence-electron chi connectivity index (χ3n) is 3.75. The van der Waals surface area contributed by atoms with Crippen LogP contribution in [0.25, 0.3) is 0 Å². The van der Waals surface area contributed by atoms with E-state index in [2.05, 4.69) is 27.1 Å². The van der Waals surface area contributed by atoms with E-state index in [0.717, 1.165) is 0 Å². The lowest BCUT2D eigenvalue weighted by Crippen LogP contribution is -2.52. The fourth-order valence-electron chi connectivity index (χ4n) is 2.23. The van der Waals surface area contributed by atoms with Crippen LogP contribution in [0.4, 0.5) is 5.69 Å². The van der Waals surface area contributed by atoms with Gasteiger partial charge in [-0.15, -0.1) is 0 Å². The maximum atomic E-state index is 12.5. The molecule has 1 aromatic carbocycles. The molecular formula is C18H27N5O5P2. The molecule has 0 heterocycles. The second-order valence-corrected chi connectivity index (χ2v) is 8.00. The lowest BCUT2D eigenvalue weighted by molar-refractivity contribution is -0.144. The maximum Gasteiger partial charge on any atom is 0.336 e. The van der Waals surface area contributed by atoms with Crippen molar-refractivity contribution in [3.63, 3.8) is 0 Å². The zero-order chi connectivity index (χ0) is 22.7. The third-order valence-corrected chi connectivity index (χ3v) is 4.75. The van der Waals surface area contributed by atoms with Crippen LogP contribution in [0.2, 0.25) is 0 Å². The molecule has 2 atom stereocenters. The molecule has 12 heteroatoms. The Hall–Kier alpha value is -2.54. The SMILES string of the molecule is C=PNC(CCC(=O)NC(C)(C)C(=O)Oc1ccc(NC(=N)NPC)cc1)C(=O)O. The van der Waals surface area contributed by atoms with Gasteiger partial charge in [-0.25, -0.2) is 4.79 Å². The first kappa shape index (κ1) is 25.5. The molecule has 0 bridgehead atoms. The van der Waals surface area contributed by atoms with Crippen molar-refractivity contribution >= 4 is 52.9 Å². The van der Waals surface area contributed by atoms with Gasteiger partial charge in [0.15, 0.2) is 5.96 Å². The van der Waals surface area contributed by atoms with Gasteiger partial charge < -0.3 is 25.6 Å². The molecule has 0 aliphatic carbocycles. The number of esters is 1. The molecular weight excluding hydrogens is 428 g/mol. The average molecular weight is 455 g/mol. The smallest absolute Gasteiger partial charge is 0.336 e. The zero-order valence-corrected chi connectivity index (χ0v) is 18.9. The number of anilines is 1. The largest absolute Gasteiger partial charge is 0.480 e. The Morgan fingerprint density at radius 3 is 2.47 bits per heavy atom. The summed E-state index contributed by atoms with van der Waals surface area (Å²) in [5.74, 6) is -1.75. The van der Waals surface area contributed by atoms with E-state index in [1.807, 2.05) is 6.66 Å². The van der Waals surface area contributed by atoms with E-state index in [-0.39, 0.29) is 24.6 Å². The lowest BCUT2D eigenvalue weighted by Gasteiger charge is -2.24. The van der Waals surface area contributed by atoms with Gasteiger partial charge in [0.05, 0.1) is 0 Å². The highest BCUT2D eigenvalue weighted by Crippen LogP contribution is 2.18. The summed E-state index contributed by atoms with van der Waals surface area (Å²) in [6.07, 6.45) is 3.49. The number of nitrogens with one attached hydrogen (secondary N) is 5. The number of carbonyl (C=O) groups excluding carboxylic acids is 2. The zero-order valence-electron chi connectivity index (χ0n) is 17.0. The van der Waals surface area contributed by atoms with Gasteiger partial charge in [-0.05, 0) is 68.3 Å². The van der Waals surface area contributed by atoms with Crippen LogP contribution in [0.3, 0.4) is 0 Å². The van der Waals surface area contributed by atoms with Crippen molar-refractivity contribution in [2.24, 2.45) is 0 Å². The van der Waals surface area contributed by atoms with Gasteiger partial charge >= 0.3 is 11.9 Å². The summed E-state index contributed by atoms with van der Waals surface area (Å²) in [6, 6.07) is 5.56. The van der Waals surface area contributed by atoms with Crippen LogP contribution in [-0.4, -0.2) is 53.5 Å². The van der Waals surface area contributed by atoms with Gasteiger partial charge in [0.1, 0.15) is 17.3 Å². The van der Waals surface area contributed by atoms with E-state index in [4.69, 9.17) is 15.3 Å². The number of hydrogen-bond donors (Lipinski definition) is 6. The number of hydrogen-bond acceptors (Lipinski definition) is 6. The Morgan fingerprint density at radius 1 is 1.30 bits per heavy atom. The van der Waals surface area contributed by atoms with Crippen LogP contribution in [0.1, 0.15) is 26.7 Å². The van der Waals surface area contributed by atoms with Crippen molar-refractivity contribution in [3.05, 3.63) is 24.3 Å². The Labute approximate surface area is 178 Å². The molecule has 1 amide bonds. The van der Waals surface area contributed by atoms with Crippen LogP contribution in [0, 0.1) is 5.41 Å². The fourth-order valence-corrected chi connectivity index (χ4v) is 3.00. The van der Waals surface area contributed by atoms with Crippen molar-refractivity contribution in [1.29, 1.82) is 5.41 Å². The molecule has 0 radical (unpaired) electrons. The van der Waals surface area contributed by atoms with Gasteiger partial charge in [-0.3, -0.25) is 20.1 Å². The number of rotatable bonds is 11. The molecule has 0 fully saturated rings. The van der Waals surface area contributed by atoms with Crippen molar-refractivity contribution in [3.8, 4) is 5.75 Å². The van der Waals surface area contributed by atoms with Gasteiger partial charge in [0.2, 0.25) is 5.91 Å². The molecule has 6 N–H and O–H groups in total. The molecule has 1 rings (SSSR count). The minimum Gasteiger partial charge on any atom is -0.480 e. The third kappa shape index (κ3) is 8.86. The van der Waals surface area contributed by atoms with Crippen LogP contribution in [0.15, 0.2) is 24.3 Å². The molecule has 0 aliphatic heterocycles. The van der Waals surface area contributed by atoms with Crippen LogP contribution < -0.4 is 25.5 Å². The monoisotopic (exact) mass is 455 g/mol. The number of amides is 1. The van der Waals surface area contributed by atoms with E-state index in [1.54, 1.807) is 24.3 Å². The number of aliphatic carboxylic acids is 1. The minimum absolute atomic E-state index is 0.0612. The summed E-state index contributed by atoms with van der Waals surface area (Å²) < 4.78 is 5.32. The summed E-state index contributed by atoms with van der Waals surface area (Å²) >= 11 is 0. The predicted molar refractivity (Wildman–Crippen MR) is 121 cm³/mol. The number of benzene rings is 1. The van der Waals surface area contributed by atoms with Gasteiger partial charge in [-0.2, -0.15) is 0 Å². The highest BCUT2D eigenvalue weighted by atomic mass is 31.1. The highest BCUT2D eigenvalue weighted by molar-refractivity contribution is 7.35. The molecule has 0 spiro atoms. The second-order valence-electron chi connectivity index (χ2n) is 6.68. The number of carboxylic acid groups (broad SMARTS) is 1. The summed E-state index contributed by atoms with van der Waals surface area (Å²) in [6.45, 7) is 4.91. The van der Waals surface area contributed by atoms with E-state index in [1.165, 1.54) is 13.8 Å². The molecule has 10 nitrogen and oxygen atoms in total. The normalized spacial score (nSPS) is 12.4. The first-order chi connectivity index (χ1) is 14.1. The van der Waals surface area contributed by atoms with Crippen molar-refractivity contribution in [1.82, 2.24) is 15.5 Å². The Bertz CT molecular complexity index is 786. The number of ether oxygens (including phenoxy) is 1. The number of guanidine groups is 1. The van der Waals surface area contributed by atoms with Crippen molar-refractivity contribution in [2.45, 2.75) is 38.3 Å². The number of carbonyl (C=O) groups is 3. The fraction of sp³-hybridized carbons (Fsp3) is 0.389. The first-order valence-corrected chi connectivity index (χ1v) is 11.5. The second kappa shape index (κ2) is 12.2. The molecule has 164 valence electrons. The average Bonchev–Trinajstić information content (AvgIpc) is 2.66. The van der Waals surface area contributed by atoms with E-state index in [0.29, 0.717) is 22.8 Å². The standard InChI is InChI=1S/C18H27N5O5P2/c1-18(2,21-14(24)10-9-13(15(25)26)22-29-3)16(27)28-12-7-5-11(6-8-12)20-17(19)23-30-4/h5-8,13,22,30H,3,9-10H2,1-2,4H3,(H,21,24)(H,25,26)(H3,19,20,23). The first-order valence-electron chi connectivity index (χ1n) is 8.94. The van der Waals surface area contributed by atoms with Crippen molar-refractivity contribution < 1.29 is 24.2 Å². The Kier molecular flexibility index (Phi) is 10.4. The summed E-state index contributed by atoms with van der Waals surface area (Å²) in [5.41, 5.74) is -0.653. The Balaban J connectivity index is 2.60. The quantitative estimate of drug-likeness (QED) is 0.0971. The molecule has 2 unspecified atom stereocenters. The summed E-state index contributed by atoms with van der Waals surface area (Å²) in [4.78, 5) is 35.7. The molecule has 30 heavy (non-hydrogen) atoms. The molecule has 0 aromatic heterocycles. The Morgan fingerprint density at radius 2 is 1.93 bits per heavy atom. The molecule has 1 aromatic rings. The maximum absolute atomic E-state index is 12.5. The lowest BCUT2D eigenvalue weighted by atomic mass is 10.0. The minimum atomic E-state index is -1.31. The highest BCUT2D eigenvalue weighted by Gasteiger charge is 2.32. The van der Waals surface area contributed by atoms with Gasteiger partial charge in [0, 0.05) is 12.1 Å². The summed E-state index contributed by atoms with van der Waals surface area (Å²) in [5, 5.41) is 27.6. The van der Waals surface area contributed by atoms with E-state index < -0.39 is 29.4 Å². The topological polar surface area (TPSA) is 153 Å². The van der Waals surface area contributed by atoms with E-state index >= 15 is 0 Å². The van der Waals surface area contributed by atoms with Crippen LogP contribution >= 0.6 is 17.1 Å². The van der Waals surface area contributed by atoms with E-state index in [9.17, 15) is 14.4 Å². The molecule has 0 saturated carbocycles. The van der Waals surface area contributed by atoms with Gasteiger partial charge in [0.25, 0.3) is 0 Å². The summed E-state index contributed by atoms with van der Waals surface area (Å²) in [7, 11) is 0.847. The predicted octanol–water partition coefficient (Wildman–Crippen LogP) is 1.76. The number of carboxylic acids is 1. The molecule has 0 saturated heterocycles. The molecule has 0 aliphatic rings. The van der Waals surface area contributed by atoms with Crippen molar-refractivity contribution in [2.75, 3.05) is 12.0 Å².